The van der Waals surface area contributed by atoms with Gasteiger partial charge in [-0.25, -0.2) is 14.4 Å². The van der Waals surface area contributed by atoms with Crippen LogP contribution in [0.5, 0.6) is 28.7 Å². The second-order valence-corrected chi connectivity index (χ2v) is 10.2. The summed E-state index contributed by atoms with van der Waals surface area (Å²) in [6.07, 6.45) is 7.01. The fourth-order valence-corrected chi connectivity index (χ4v) is 4.20. The predicted octanol–water partition coefficient (Wildman–Crippen LogP) is 7.26. The molecule has 0 N–H and O–H groups in total. The van der Waals surface area contributed by atoms with E-state index in [2.05, 4.69) is 13.5 Å². The number of hydrogen-bond donors (Lipinski definition) is 0. The Bertz CT molecular complexity index is 1430. The van der Waals surface area contributed by atoms with Crippen molar-refractivity contribution < 1.29 is 47.5 Å². The molecule has 0 bridgehead atoms. The van der Waals surface area contributed by atoms with Crippen LogP contribution in [-0.2, 0) is 14.3 Å². The van der Waals surface area contributed by atoms with Gasteiger partial charge < -0.3 is 33.2 Å². The minimum Gasteiger partial charge on any atom is -0.494 e. The Kier molecular flexibility index (Phi) is 15.0. The topological polar surface area (TPSA) is 116 Å². The highest BCUT2D eigenvalue weighted by atomic mass is 16.7. The molecular weight excluding hydrogens is 592 g/mol. The van der Waals surface area contributed by atoms with Gasteiger partial charge in [0.1, 0.15) is 34.3 Å². The van der Waals surface area contributed by atoms with Gasteiger partial charge in [-0.2, -0.15) is 0 Å². The van der Waals surface area contributed by atoms with E-state index < -0.39 is 17.9 Å². The molecule has 0 aromatic heterocycles. The van der Waals surface area contributed by atoms with Gasteiger partial charge in [0.2, 0.25) is 6.79 Å². The van der Waals surface area contributed by atoms with Crippen molar-refractivity contribution in [2.75, 3.05) is 33.7 Å². The number of esters is 3. The maximum Gasteiger partial charge on any atom is 0.343 e. The van der Waals surface area contributed by atoms with Gasteiger partial charge >= 0.3 is 17.9 Å². The molecule has 0 heterocycles. The number of benzene rings is 3. The Hall–Kier alpha value is -4.99. The first-order valence-electron chi connectivity index (χ1n) is 15.3. The second-order valence-electron chi connectivity index (χ2n) is 10.2. The van der Waals surface area contributed by atoms with Crippen LogP contribution in [0.3, 0.4) is 0 Å². The molecular formula is C36H42O10. The highest BCUT2D eigenvalue weighted by molar-refractivity contribution is 5.94. The summed E-state index contributed by atoms with van der Waals surface area (Å²) >= 11 is 0. The molecule has 0 aliphatic rings. The maximum absolute atomic E-state index is 12.8. The standard InChI is InChI=1S/C36H42O10/c1-5-7-8-9-20-42-29-16-18-32(26(3)23-29)44-25-45-33-19-17-30(24-31(33)36(39)40-4)46-35(38)27-12-14-28(15-13-27)41-21-10-11-22-43-34(37)6-2/h6,12-19,23-24H,2,5,7-11,20-22,25H2,1,3-4H3. The quantitative estimate of drug-likeness (QED) is 0.0413. The van der Waals surface area contributed by atoms with Crippen molar-refractivity contribution in [3.05, 3.63) is 90.0 Å². The zero-order chi connectivity index (χ0) is 33.1. The smallest absolute Gasteiger partial charge is 0.343 e. The number of carbonyl (C=O) groups is 3. The van der Waals surface area contributed by atoms with Gasteiger partial charge in [0.25, 0.3) is 0 Å². The van der Waals surface area contributed by atoms with Crippen molar-refractivity contribution in [3.63, 3.8) is 0 Å². The zero-order valence-corrected chi connectivity index (χ0v) is 26.7. The molecule has 0 radical (unpaired) electrons. The Morgan fingerprint density at radius 2 is 1.33 bits per heavy atom. The molecule has 0 amide bonds. The lowest BCUT2D eigenvalue weighted by atomic mass is 10.2. The maximum atomic E-state index is 12.8. The van der Waals surface area contributed by atoms with Gasteiger partial charge in [0, 0.05) is 6.08 Å². The van der Waals surface area contributed by atoms with Crippen LogP contribution in [-0.4, -0.2) is 51.6 Å². The highest BCUT2D eigenvalue weighted by Gasteiger charge is 2.17. The van der Waals surface area contributed by atoms with Crippen molar-refractivity contribution in [2.45, 2.75) is 52.4 Å². The minimum atomic E-state index is -0.662. The largest absolute Gasteiger partial charge is 0.494 e. The molecule has 0 fully saturated rings. The summed E-state index contributed by atoms with van der Waals surface area (Å²) in [5, 5.41) is 0. The summed E-state index contributed by atoms with van der Waals surface area (Å²) in [6, 6.07) is 16.4. The van der Waals surface area contributed by atoms with Gasteiger partial charge in [-0.15, -0.1) is 0 Å². The van der Waals surface area contributed by atoms with Crippen molar-refractivity contribution in [1.82, 2.24) is 0 Å². The van der Waals surface area contributed by atoms with Crippen molar-refractivity contribution >= 4 is 17.9 Å². The first-order chi connectivity index (χ1) is 22.3. The number of unbranched alkanes of at least 4 members (excludes halogenated alkanes) is 4. The van der Waals surface area contributed by atoms with E-state index in [1.54, 1.807) is 24.3 Å². The molecule has 46 heavy (non-hydrogen) atoms. The highest BCUT2D eigenvalue weighted by Crippen LogP contribution is 2.28. The van der Waals surface area contributed by atoms with E-state index >= 15 is 0 Å². The Balaban J connectivity index is 1.51. The number of ether oxygens (including phenoxy) is 7. The molecule has 0 saturated carbocycles. The number of rotatable bonds is 20. The molecule has 0 aliphatic carbocycles. The molecule has 10 nitrogen and oxygen atoms in total. The van der Waals surface area contributed by atoms with Crippen LogP contribution >= 0.6 is 0 Å². The number of hydrogen-bond acceptors (Lipinski definition) is 10. The third-order valence-electron chi connectivity index (χ3n) is 6.72. The SMILES string of the molecule is C=CC(=O)OCCCCOc1ccc(C(=O)Oc2ccc(OCOc3ccc(OCCCCCC)cc3C)c(C(=O)OC)c2)cc1. The van der Waals surface area contributed by atoms with Gasteiger partial charge in [-0.05, 0) is 92.4 Å². The van der Waals surface area contributed by atoms with E-state index in [-0.39, 0.29) is 23.9 Å². The van der Waals surface area contributed by atoms with E-state index in [1.807, 2.05) is 25.1 Å². The van der Waals surface area contributed by atoms with E-state index in [1.165, 1.54) is 38.2 Å². The van der Waals surface area contributed by atoms with Crippen LogP contribution in [0.2, 0.25) is 0 Å². The van der Waals surface area contributed by atoms with Crippen LogP contribution in [0.1, 0.15) is 71.7 Å². The van der Waals surface area contributed by atoms with E-state index in [0.29, 0.717) is 49.7 Å². The fourth-order valence-electron chi connectivity index (χ4n) is 4.20. The molecule has 0 spiro atoms. The number of methoxy groups -OCH3 is 1. The van der Waals surface area contributed by atoms with Crippen LogP contribution in [0.4, 0.5) is 0 Å². The summed E-state index contributed by atoms with van der Waals surface area (Å²) < 4.78 is 38.3. The summed E-state index contributed by atoms with van der Waals surface area (Å²) in [6.45, 7) is 8.66. The number of carbonyl (C=O) groups excluding carboxylic acids is 3. The average molecular weight is 635 g/mol. The molecule has 0 unspecified atom stereocenters. The zero-order valence-electron chi connectivity index (χ0n) is 26.7. The van der Waals surface area contributed by atoms with Crippen LogP contribution in [0, 0.1) is 6.92 Å². The normalized spacial score (nSPS) is 10.4. The van der Waals surface area contributed by atoms with Crippen molar-refractivity contribution in [3.8, 4) is 28.7 Å². The second kappa shape index (κ2) is 19.4. The van der Waals surface area contributed by atoms with Crippen molar-refractivity contribution in [2.24, 2.45) is 0 Å². The third-order valence-corrected chi connectivity index (χ3v) is 6.72. The average Bonchev–Trinajstić information content (AvgIpc) is 3.07. The Morgan fingerprint density at radius 3 is 2.02 bits per heavy atom. The monoisotopic (exact) mass is 634 g/mol. The summed E-state index contributed by atoms with van der Waals surface area (Å²) in [4.78, 5) is 36.3. The molecule has 0 saturated heterocycles. The van der Waals surface area contributed by atoms with Gasteiger partial charge in [0.05, 0.1) is 32.5 Å². The minimum absolute atomic E-state index is 0.0722. The molecule has 3 aromatic rings. The van der Waals surface area contributed by atoms with Crippen LogP contribution < -0.4 is 23.7 Å². The summed E-state index contributed by atoms with van der Waals surface area (Å²) in [7, 11) is 1.25. The van der Waals surface area contributed by atoms with Crippen molar-refractivity contribution in [1.29, 1.82) is 0 Å². The summed E-state index contributed by atoms with van der Waals surface area (Å²) in [5.74, 6) is 0.583. The lowest BCUT2D eigenvalue weighted by molar-refractivity contribution is -0.137. The number of aryl methyl sites for hydroxylation is 1. The van der Waals surface area contributed by atoms with Crippen LogP contribution in [0.25, 0.3) is 0 Å². The first kappa shape index (κ1) is 35.5. The lowest BCUT2D eigenvalue weighted by Gasteiger charge is -2.14. The van der Waals surface area contributed by atoms with Gasteiger partial charge in [0.15, 0.2) is 0 Å². The van der Waals surface area contributed by atoms with Crippen LogP contribution in [0.15, 0.2) is 73.3 Å². The molecule has 0 aliphatic heterocycles. The lowest BCUT2D eigenvalue weighted by Crippen LogP contribution is -2.12. The molecule has 10 heteroatoms. The van der Waals surface area contributed by atoms with E-state index in [9.17, 15) is 14.4 Å². The molecule has 3 rings (SSSR count). The Morgan fingerprint density at radius 1 is 0.696 bits per heavy atom. The van der Waals surface area contributed by atoms with E-state index in [0.717, 1.165) is 30.2 Å². The fraction of sp³-hybridized carbons (Fsp3) is 0.361. The first-order valence-corrected chi connectivity index (χ1v) is 15.3. The predicted molar refractivity (Wildman–Crippen MR) is 172 cm³/mol. The Labute approximate surface area is 270 Å². The third kappa shape index (κ3) is 11.8. The molecule has 0 atom stereocenters. The summed E-state index contributed by atoms with van der Waals surface area (Å²) in [5.41, 5.74) is 1.25. The van der Waals surface area contributed by atoms with E-state index in [4.69, 9.17) is 33.2 Å². The molecule has 246 valence electrons. The molecule has 3 aromatic carbocycles. The van der Waals surface area contributed by atoms with Gasteiger partial charge in [-0.1, -0.05) is 32.8 Å². The van der Waals surface area contributed by atoms with Gasteiger partial charge in [-0.3, -0.25) is 0 Å².